The van der Waals surface area contributed by atoms with Crippen molar-refractivity contribution in [1.29, 1.82) is 0 Å². The third kappa shape index (κ3) is 2.47. The summed E-state index contributed by atoms with van der Waals surface area (Å²) in [5.41, 5.74) is 10.7. The standard InChI is InChI=1S/C20H20ClN5O2/c1-10-2-3-15-13(8-24-25-15)16(10)12-6-14(22)17-19(18(12)21)28-9-11-7-23-4-5-26(11)20(17)27/h2-3,6,8,11,23H,4-5,7,9,22H2,1H3,(H,24,25). The number of nitrogen functional groups attached to an aromatic ring is 1. The van der Waals surface area contributed by atoms with E-state index in [9.17, 15) is 4.79 Å². The molecule has 0 aliphatic carbocycles. The Balaban J connectivity index is 1.73. The van der Waals surface area contributed by atoms with Crippen molar-refractivity contribution in [1.82, 2.24) is 20.4 Å². The van der Waals surface area contributed by atoms with Crippen LogP contribution in [-0.4, -0.2) is 53.3 Å². The molecule has 8 heteroatoms. The molecule has 0 radical (unpaired) electrons. The average molecular weight is 398 g/mol. The summed E-state index contributed by atoms with van der Waals surface area (Å²) in [5.74, 6) is 0.249. The Morgan fingerprint density at radius 3 is 3.07 bits per heavy atom. The van der Waals surface area contributed by atoms with Crippen LogP contribution in [0.3, 0.4) is 0 Å². The number of fused-ring (bicyclic) bond motifs is 3. The molecular formula is C20H20ClN5O2. The third-order valence-electron chi connectivity index (χ3n) is 5.60. The van der Waals surface area contributed by atoms with Crippen molar-refractivity contribution in [2.45, 2.75) is 13.0 Å². The van der Waals surface area contributed by atoms with Gasteiger partial charge in [-0.25, -0.2) is 0 Å². The van der Waals surface area contributed by atoms with E-state index in [0.717, 1.165) is 34.1 Å². The molecule has 144 valence electrons. The lowest BCUT2D eigenvalue weighted by Crippen LogP contribution is -2.54. The second-order valence-electron chi connectivity index (χ2n) is 7.29. The number of hydrogen-bond donors (Lipinski definition) is 3. The first-order valence-corrected chi connectivity index (χ1v) is 9.63. The predicted octanol–water partition coefficient (Wildman–Crippen LogP) is 2.58. The minimum absolute atomic E-state index is 0.0355. The number of aromatic nitrogens is 2. The molecule has 0 saturated carbocycles. The van der Waals surface area contributed by atoms with Gasteiger partial charge in [0.1, 0.15) is 12.2 Å². The molecule has 5 rings (SSSR count). The van der Waals surface area contributed by atoms with Crippen molar-refractivity contribution < 1.29 is 9.53 Å². The van der Waals surface area contributed by atoms with Gasteiger partial charge in [0, 0.05) is 36.3 Å². The van der Waals surface area contributed by atoms with Gasteiger partial charge in [0.25, 0.3) is 5.91 Å². The van der Waals surface area contributed by atoms with Crippen LogP contribution in [0.2, 0.25) is 5.02 Å². The maximum atomic E-state index is 13.2. The molecule has 1 aromatic heterocycles. The van der Waals surface area contributed by atoms with E-state index in [1.165, 1.54) is 0 Å². The van der Waals surface area contributed by atoms with Gasteiger partial charge in [0.15, 0.2) is 5.75 Å². The normalized spacial score (nSPS) is 19.1. The zero-order valence-corrected chi connectivity index (χ0v) is 16.1. The fourth-order valence-corrected chi connectivity index (χ4v) is 4.47. The fourth-order valence-electron chi connectivity index (χ4n) is 4.18. The molecule has 0 bridgehead atoms. The Hall–Kier alpha value is -2.77. The number of nitrogens with one attached hydrogen (secondary N) is 2. The van der Waals surface area contributed by atoms with Crippen molar-refractivity contribution in [3.8, 4) is 16.9 Å². The lowest BCUT2D eigenvalue weighted by atomic mass is 9.94. The van der Waals surface area contributed by atoms with Crippen molar-refractivity contribution in [3.63, 3.8) is 0 Å². The number of aryl methyl sites for hydroxylation is 1. The number of hydrogen-bond acceptors (Lipinski definition) is 5. The molecule has 7 nitrogen and oxygen atoms in total. The number of nitrogens with zero attached hydrogens (tertiary/aromatic N) is 2. The van der Waals surface area contributed by atoms with Crippen LogP contribution in [0.4, 0.5) is 5.69 Å². The Morgan fingerprint density at radius 1 is 1.36 bits per heavy atom. The summed E-state index contributed by atoms with van der Waals surface area (Å²) in [6, 6.07) is 5.73. The lowest BCUT2D eigenvalue weighted by Gasteiger charge is -2.33. The van der Waals surface area contributed by atoms with Crippen LogP contribution in [0.1, 0.15) is 15.9 Å². The minimum Gasteiger partial charge on any atom is -0.489 e. The predicted molar refractivity (Wildman–Crippen MR) is 109 cm³/mol. The van der Waals surface area contributed by atoms with Gasteiger partial charge in [0.2, 0.25) is 0 Å². The lowest BCUT2D eigenvalue weighted by molar-refractivity contribution is 0.0607. The van der Waals surface area contributed by atoms with Crippen molar-refractivity contribution in [2.24, 2.45) is 0 Å². The number of carbonyl (C=O) groups excluding carboxylic acids is 1. The van der Waals surface area contributed by atoms with Crippen LogP contribution in [0, 0.1) is 6.92 Å². The van der Waals surface area contributed by atoms with E-state index in [2.05, 4.69) is 15.5 Å². The molecule has 2 aliphatic heterocycles. The van der Waals surface area contributed by atoms with Gasteiger partial charge in [0.05, 0.1) is 22.8 Å². The van der Waals surface area contributed by atoms with Crippen molar-refractivity contribution in [2.75, 3.05) is 32.0 Å². The molecule has 3 heterocycles. The SMILES string of the molecule is Cc1ccc2[nH]ncc2c1-c1cc(N)c2c(c1Cl)OCC1CNCCN1C2=O. The number of amides is 1. The van der Waals surface area contributed by atoms with Crippen LogP contribution in [0.25, 0.3) is 22.0 Å². The molecule has 0 spiro atoms. The summed E-state index contributed by atoms with van der Waals surface area (Å²) in [7, 11) is 0. The number of halogens is 1. The molecule has 1 fully saturated rings. The topological polar surface area (TPSA) is 96.3 Å². The Morgan fingerprint density at radius 2 is 2.21 bits per heavy atom. The summed E-state index contributed by atoms with van der Waals surface area (Å²) in [5, 5.41) is 11.8. The molecule has 3 aromatic rings. The maximum absolute atomic E-state index is 13.2. The molecule has 4 N–H and O–H groups in total. The van der Waals surface area contributed by atoms with E-state index in [-0.39, 0.29) is 11.9 Å². The van der Waals surface area contributed by atoms with Gasteiger partial charge in [-0.3, -0.25) is 9.89 Å². The van der Waals surface area contributed by atoms with Crippen molar-refractivity contribution in [3.05, 3.63) is 40.5 Å². The Bertz CT molecular complexity index is 1110. The molecule has 1 amide bonds. The van der Waals surface area contributed by atoms with Crippen LogP contribution in [-0.2, 0) is 0 Å². The number of nitrogens with two attached hydrogens (primary N) is 1. The third-order valence-corrected chi connectivity index (χ3v) is 5.97. The number of aromatic amines is 1. The average Bonchev–Trinajstić information content (AvgIpc) is 3.11. The van der Waals surface area contributed by atoms with E-state index in [1.54, 1.807) is 12.3 Å². The highest BCUT2D eigenvalue weighted by Gasteiger charge is 2.36. The van der Waals surface area contributed by atoms with Gasteiger partial charge in [-0.05, 0) is 30.2 Å². The molecule has 2 aromatic carbocycles. The highest BCUT2D eigenvalue weighted by molar-refractivity contribution is 6.36. The molecule has 28 heavy (non-hydrogen) atoms. The molecular weight excluding hydrogens is 378 g/mol. The number of H-pyrrole nitrogens is 1. The number of carbonyl (C=O) groups is 1. The number of piperazine rings is 1. The van der Waals surface area contributed by atoms with Gasteiger partial charge in [-0.15, -0.1) is 0 Å². The smallest absolute Gasteiger partial charge is 0.260 e. The van der Waals surface area contributed by atoms with Gasteiger partial charge in [-0.1, -0.05) is 17.7 Å². The maximum Gasteiger partial charge on any atom is 0.260 e. The van der Waals surface area contributed by atoms with Gasteiger partial charge < -0.3 is 20.7 Å². The summed E-state index contributed by atoms with van der Waals surface area (Å²) in [4.78, 5) is 15.0. The van der Waals surface area contributed by atoms with Crippen LogP contribution in [0.15, 0.2) is 24.4 Å². The first-order chi connectivity index (χ1) is 13.6. The second-order valence-corrected chi connectivity index (χ2v) is 7.67. The zero-order chi connectivity index (χ0) is 19.4. The highest BCUT2D eigenvalue weighted by atomic mass is 35.5. The summed E-state index contributed by atoms with van der Waals surface area (Å²) < 4.78 is 6.06. The minimum atomic E-state index is -0.122. The van der Waals surface area contributed by atoms with Crippen LogP contribution in [0.5, 0.6) is 5.75 Å². The Kier molecular flexibility index (Phi) is 3.96. The quantitative estimate of drug-likeness (QED) is 0.548. The van der Waals surface area contributed by atoms with Gasteiger partial charge >= 0.3 is 0 Å². The van der Waals surface area contributed by atoms with E-state index < -0.39 is 0 Å². The number of ether oxygens (including phenoxy) is 1. The van der Waals surface area contributed by atoms with E-state index >= 15 is 0 Å². The fraction of sp³-hybridized carbons (Fsp3) is 0.300. The first-order valence-electron chi connectivity index (χ1n) is 9.25. The number of anilines is 1. The molecule has 1 atom stereocenters. The first kappa shape index (κ1) is 17.3. The largest absolute Gasteiger partial charge is 0.489 e. The summed E-state index contributed by atoms with van der Waals surface area (Å²) in [6.45, 7) is 4.46. The molecule has 1 unspecified atom stereocenters. The summed E-state index contributed by atoms with van der Waals surface area (Å²) >= 11 is 6.81. The molecule has 1 saturated heterocycles. The van der Waals surface area contributed by atoms with E-state index in [4.69, 9.17) is 22.1 Å². The molecule has 2 aliphatic rings. The van der Waals surface area contributed by atoms with Gasteiger partial charge in [-0.2, -0.15) is 5.10 Å². The highest BCUT2D eigenvalue weighted by Crippen LogP contribution is 2.45. The Labute approximate surface area is 166 Å². The second kappa shape index (κ2) is 6.39. The monoisotopic (exact) mass is 397 g/mol. The van der Waals surface area contributed by atoms with Crippen molar-refractivity contribution >= 4 is 34.1 Å². The van der Waals surface area contributed by atoms with E-state index in [1.807, 2.05) is 24.0 Å². The van der Waals surface area contributed by atoms with E-state index in [0.29, 0.717) is 41.7 Å². The number of rotatable bonds is 1. The zero-order valence-electron chi connectivity index (χ0n) is 15.4. The van der Waals surface area contributed by atoms with Crippen LogP contribution >= 0.6 is 11.6 Å². The summed E-state index contributed by atoms with van der Waals surface area (Å²) in [6.07, 6.45) is 1.77. The number of benzene rings is 2. The van der Waals surface area contributed by atoms with Crippen LogP contribution < -0.4 is 15.8 Å².